The molecular formula is C56H108O6. The van der Waals surface area contributed by atoms with Crippen LogP contribution in [-0.2, 0) is 28.6 Å². The van der Waals surface area contributed by atoms with Gasteiger partial charge in [0.1, 0.15) is 13.2 Å². The second-order valence-corrected chi connectivity index (χ2v) is 19.9. The summed E-state index contributed by atoms with van der Waals surface area (Å²) in [6.45, 7) is 13.8. The predicted octanol–water partition coefficient (Wildman–Crippen LogP) is 17.9. The molecule has 0 rings (SSSR count). The second kappa shape index (κ2) is 47.4. The highest BCUT2D eigenvalue weighted by Crippen LogP contribution is 2.19. The third-order valence-corrected chi connectivity index (χ3v) is 13.7. The van der Waals surface area contributed by atoms with E-state index in [0.29, 0.717) is 19.3 Å². The molecule has 62 heavy (non-hydrogen) atoms. The lowest BCUT2D eigenvalue weighted by Crippen LogP contribution is -2.30. The molecule has 0 saturated carbocycles. The average molecular weight is 877 g/mol. The van der Waals surface area contributed by atoms with E-state index >= 15 is 0 Å². The summed E-state index contributed by atoms with van der Waals surface area (Å²) in [6.07, 6.45) is 47.9. The SMILES string of the molecule is CCC(C)CCCCCCCCCCCCCCCCC(=O)O[C@@H](COC(=O)CCCCCCCCCCCCC(C)CC)COC(=O)CCCCCCCCCCC(C)CC. The first-order chi connectivity index (χ1) is 30.2. The molecule has 6 nitrogen and oxygen atoms in total. The minimum Gasteiger partial charge on any atom is -0.462 e. The minimum atomic E-state index is -0.764. The summed E-state index contributed by atoms with van der Waals surface area (Å²) in [5.41, 5.74) is 0. The standard InChI is InChI=1S/C56H108O6/c1-7-50(4)42-36-30-24-18-14-12-10-11-13-15-21-29-35-41-47-56(59)62-53(49-61-55(58)46-40-34-28-23-22-26-32-38-44-52(6)9-3)48-60-54(57)45-39-33-27-20-17-16-19-25-31-37-43-51(5)8-2/h50-53H,7-49H2,1-6H3/t50?,51?,52?,53-/m0/s1. The Morgan fingerprint density at radius 1 is 0.306 bits per heavy atom. The Kier molecular flexibility index (Phi) is 46.2. The van der Waals surface area contributed by atoms with Crippen LogP contribution >= 0.6 is 0 Å². The first-order valence-corrected chi connectivity index (χ1v) is 27.7. The topological polar surface area (TPSA) is 78.9 Å². The molecule has 0 aromatic rings. The molecule has 3 unspecified atom stereocenters. The van der Waals surface area contributed by atoms with Crippen molar-refractivity contribution < 1.29 is 28.6 Å². The van der Waals surface area contributed by atoms with Crippen molar-refractivity contribution in [2.45, 2.75) is 311 Å². The number of hydrogen-bond acceptors (Lipinski definition) is 6. The maximum atomic E-state index is 12.8. The van der Waals surface area contributed by atoms with Gasteiger partial charge in [-0.25, -0.2) is 0 Å². The van der Waals surface area contributed by atoms with Gasteiger partial charge >= 0.3 is 17.9 Å². The maximum absolute atomic E-state index is 12.8. The Morgan fingerprint density at radius 3 is 0.758 bits per heavy atom. The zero-order chi connectivity index (χ0) is 45.6. The van der Waals surface area contributed by atoms with Crippen molar-refractivity contribution in [2.24, 2.45) is 17.8 Å². The number of rotatable bonds is 49. The lowest BCUT2D eigenvalue weighted by Gasteiger charge is -2.18. The summed E-state index contributed by atoms with van der Waals surface area (Å²) < 4.78 is 16.9. The summed E-state index contributed by atoms with van der Waals surface area (Å²) in [4.78, 5) is 38.1. The van der Waals surface area contributed by atoms with Gasteiger partial charge in [0.05, 0.1) is 0 Å². The van der Waals surface area contributed by atoms with Crippen LogP contribution in [0.5, 0.6) is 0 Å². The summed E-state index contributed by atoms with van der Waals surface area (Å²) in [5.74, 6) is 1.76. The molecule has 368 valence electrons. The molecule has 0 amide bonds. The van der Waals surface area contributed by atoms with Crippen LogP contribution in [0.15, 0.2) is 0 Å². The molecule has 0 saturated heterocycles. The molecule has 0 N–H and O–H groups in total. The normalized spacial score (nSPS) is 13.5. The van der Waals surface area contributed by atoms with E-state index in [0.717, 1.165) is 75.5 Å². The monoisotopic (exact) mass is 877 g/mol. The molecule has 0 aliphatic rings. The van der Waals surface area contributed by atoms with Crippen LogP contribution < -0.4 is 0 Å². The highest BCUT2D eigenvalue weighted by Gasteiger charge is 2.19. The molecule has 6 heteroatoms. The molecule has 0 radical (unpaired) electrons. The second-order valence-electron chi connectivity index (χ2n) is 19.9. The lowest BCUT2D eigenvalue weighted by atomic mass is 9.99. The molecule has 4 atom stereocenters. The van der Waals surface area contributed by atoms with Crippen LogP contribution in [0, 0.1) is 17.8 Å². The van der Waals surface area contributed by atoms with Crippen molar-refractivity contribution in [3.8, 4) is 0 Å². The quantitative estimate of drug-likeness (QED) is 0.0344. The largest absolute Gasteiger partial charge is 0.462 e. The molecule has 0 bridgehead atoms. The van der Waals surface area contributed by atoms with Crippen LogP contribution in [0.25, 0.3) is 0 Å². The smallest absolute Gasteiger partial charge is 0.306 e. The van der Waals surface area contributed by atoms with Crippen molar-refractivity contribution in [1.29, 1.82) is 0 Å². The van der Waals surface area contributed by atoms with Gasteiger partial charge in [-0.15, -0.1) is 0 Å². The Morgan fingerprint density at radius 2 is 0.516 bits per heavy atom. The van der Waals surface area contributed by atoms with Gasteiger partial charge in [-0.3, -0.25) is 14.4 Å². The number of hydrogen-bond donors (Lipinski definition) is 0. The molecule has 0 aromatic heterocycles. The van der Waals surface area contributed by atoms with Crippen LogP contribution in [0.1, 0.15) is 305 Å². The Hall–Kier alpha value is -1.59. The molecule has 0 aromatic carbocycles. The molecule has 0 aliphatic heterocycles. The van der Waals surface area contributed by atoms with E-state index in [-0.39, 0.29) is 31.1 Å². The van der Waals surface area contributed by atoms with Crippen molar-refractivity contribution in [3.63, 3.8) is 0 Å². The fourth-order valence-corrected chi connectivity index (χ4v) is 8.37. The van der Waals surface area contributed by atoms with Gasteiger partial charge in [0, 0.05) is 19.3 Å². The molecule has 0 heterocycles. The van der Waals surface area contributed by atoms with Gasteiger partial charge in [-0.1, -0.05) is 266 Å². The van der Waals surface area contributed by atoms with Crippen molar-refractivity contribution in [3.05, 3.63) is 0 Å². The Bertz CT molecular complexity index is 966. The lowest BCUT2D eigenvalue weighted by molar-refractivity contribution is -0.167. The highest BCUT2D eigenvalue weighted by molar-refractivity contribution is 5.71. The Labute approximate surface area is 387 Å². The highest BCUT2D eigenvalue weighted by atomic mass is 16.6. The molecule has 0 aliphatic carbocycles. The van der Waals surface area contributed by atoms with Gasteiger partial charge < -0.3 is 14.2 Å². The number of carbonyl (C=O) groups is 3. The molecule has 0 fully saturated rings. The van der Waals surface area contributed by atoms with Crippen molar-refractivity contribution in [1.82, 2.24) is 0 Å². The first kappa shape index (κ1) is 60.4. The fourth-order valence-electron chi connectivity index (χ4n) is 8.37. The van der Waals surface area contributed by atoms with Crippen molar-refractivity contribution in [2.75, 3.05) is 13.2 Å². The average Bonchev–Trinajstić information content (AvgIpc) is 3.27. The van der Waals surface area contributed by atoms with E-state index < -0.39 is 6.10 Å². The molecular weight excluding hydrogens is 769 g/mol. The minimum absolute atomic E-state index is 0.0645. The van der Waals surface area contributed by atoms with E-state index in [1.54, 1.807) is 0 Å². The van der Waals surface area contributed by atoms with Gasteiger partial charge in [-0.05, 0) is 37.0 Å². The zero-order valence-corrected chi connectivity index (χ0v) is 42.7. The van der Waals surface area contributed by atoms with E-state index in [4.69, 9.17) is 14.2 Å². The van der Waals surface area contributed by atoms with Gasteiger partial charge in [0.15, 0.2) is 6.10 Å². The number of esters is 3. The summed E-state index contributed by atoms with van der Waals surface area (Å²) in [5, 5.41) is 0. The fraction of sp³-hybridized carbons (Fsp3) is 0.946. The van der Waals surface area contributed by atoms with Crippen molar-refractivity contribution >= 4 is 17.9 Å². The number of unbranched alkanes of at least 4 members (excludes halogenated alkanes) is 29. The van der Waals surface area contributed by atoms with Crippen LogP contribution in [0.2, 0.25) is 0 Å². The van der Waals surface area contributed by atoms with E-state index in [2.05, 4.69) is 41.5 Å². The number of ether oxygens (including phenoxy) is 3. The van der Waals surface area contributed by atoms with E-state index in [1.807, 2.05) is 0 Å². The Balaban J connectivity index is 4.32. The summed E-state index contributed by atoms with van der Waals surface area (Å²) >= 11 is 0. The maximum Gasteiger partial charge on any atom is 0.306 e. The third-order valence-electron chi connectivity index (χ3n) is 13.7. The first-order valence-electron chi connectivity index (χ1n) is 27.7. The zero-order valence-electron chi connectivity index (χ0n) is 42.7. The molecule has 0 spiro atoms. The van der Waals surface area contributed by atoms with Crippen LogP contribution in [-0.4, -0.2) is 37.2 Å². The van der Waals surface area contributed by atoms with E-state index in [1.165, 1.54) is 186 Å². The third kappa shape index (κ3) is 45.0. The van der Waals surface area contributed by atoms with Crippen LogP contribution in [0.4, 0.5) is 0 Å². The summed E-state index contributed by atoms with van der Waals surface area (Å²) in [6, 6.07) is 0. The summed E-state index contributed by atoms with van der Waals surface area (Å²) in [7, 11) is 0. The van der Waals surface area contributed by atoms with Gasteiger partial charge in [0.25, 0.3) is 0 Å². The van der Waals surface area contributed by atoms with Gasteiger partial charge in [-0.2, -0.15) is 0 Å². The number of carbonyl (C=O) groups excluding carboxylic acids is 3. The van der Waals surface area contributed by atoms with Gasteiger partial charge in [0.2, 0.25) is 0 Å². The van der Waals surface area contributed by atoms with E-state index in [9.17, 15) is 14.4 Å². The predicted molar refractivity (Wildman–Crippen MR) is 266 cm³/mol. The van der Waals surface area contributed by atoms with Crippen LogP contribution in [0.3, 0.4) is 0 Å².